The Kier molecular flexibility index (Phi) is 1.97. The van der Waals surface area contributed by atoms with Crippen molar-refractivity contribution in [2.75, 3.05) is 5.73 Å². The molecule has 4 heteroatoms. The Morgan fingerprint density at radius 1 is 1.75 bits per heavy atom. The molecule has 1 aromatic heterocycles. The van der Waals surface area contributed by atoms with Crippen LogP contribution >= 0.6 is 0 Å². The monoisotopic (exact) mass is 162 g/mol. The summed E-state index contributed by atoms with van der Waals surface area (Å²) in [5.74, 6) is 1.16. The second-order valence-corrected chi connectivity index (χ2v) is 2.11. The van der Waals surface area contributed by atoms with Gasteiger partial charge in [-0.2, -0.15) is 0 Å². The second kappa shape index (κ2) is 2.93. The molecule has 0 fully saturated rings. The summed E-state index contributed by atoms with van der Waals surface area (Å²) in [4.78, 5) is 14.1. The first-order chi connectivity index (χ1) is 5.65. The molecule has 0 bridgehead atoms. The molecule has 0 radical (unpaired) electrons. The molecule has 0 saturated carbocycles. The predicted octanol–water partition coefficient (Wildman–Crippen LogP) is 0.343. The van der Waals surface area contributed by atoms with Crippen LogP contribution in [0.25, 0.3) is 0 Å². The maximum atomic E-state index is 10.4. The Labute approximate surface area is 69.0 Å². The highest BCUT2D eigenvalue weighted by molar-refractivity contribution is 5.88. The number of aromatic nitrogens is 1. The Morgan fingerprint density at radius 2 is 2.42 bits per heavy atom. The molecule has 1 rings (SSSR count). The predicted molar refractivity (Wildman–Crippen MR) is 43.5 cm³/mol. The molecular formula is C8H6N2O2. The first-order valence-corrected chi connectivity index (χ1v) is 3.10. The molecule has 0 spiro atoms. The van der Waals surface area contributed by atoms with Crippen LogP contribution in [0.3, 0.4) is 0 Å². The topological polar surface area (TPSA) is 76.2 Å². The fraction of sp³-hybridized carbons (Fsp3) is 0. The van der Waals surface area contributed by atoms with E-state index in [1.54, 1.807) is 0 Å². The Hall–Kier alpha value is -2.02. The number of anilines is 1. The molecule has 3 N–H and O–H groups in total. The molecule has 0 unspecified atom stereocenters. The van der Waals surface area contributed by atoms with E-state index < -0.39 is 5.97 Å². The van der Waals surface area contributed by atoms with Crippen LogP contribution in [0.4, 0.5) is 5.69 Å². The lowest BCUT2D eigenvalue weighted by Crippen LogP contribution is -2.01. The zero-order valence-corrected chi connectivity index (χ0v) is 6.11. The number of carboxylic acid groups (broad SMARTS) is 1. The summed E-state index contributed by atoms with van der Waals surface area (Å²) >= 11 is 0. The van der Waals surface area contributed by atoms with Gasteiger partial charge in [-0.1, -0.05) is 0 Å². The molecule has 0 aromatic carbocycles. The van der Waals surface area contributed by atoms with E-state index >= 15 is 0 Å². The number of hydrogen-bond acceptors (Lipinski definition) is 3. The summed E-state index contributed by atoms with van der Waals surface area (Å²) in [6, 6.07) is 1.28. The van der Waals surface area contributed by atoms with Gasteiger partial charge >= 0.3 is 5.97 Å². The molecule has 0 atom stereocenters. The number of terminal acetylenes is 1. The van der Waals surface area contributed by atoms with Gasteiger partial charge in [0.25, 0.3) is 0 Å². The first-order valence-electron chi connectivity index (χ1n) is 3.10. The van der Waals surface area contributed by atoms with Crippen molar-refractivity contribution in [1.29, 1.82) is 0 Å². The first kappa shape index (κ1) is 8.08. The summed E-state index contributed by atoms with van der Waals surface area (Å²) in [7, 11) is 0. The molecule has 4 nitrogen and oxygen atoms in total. The second-order valence-electron chi connectivity index (χ2n) is 2.11. The minimum Gasteiger partial charge on any atom is -0.478 e. The van der Waals surface area contributed by atoms with Gasteiger partial charge in [0.15, 0.2) is 0 Å². The van der Waals surface area contributed by atoms with Crippen LogP contribution in [0.5, 0.6) is 0 Å². The van der Waals surface area contributed by atoms with Crippen LogP contribution in [-0.2, 0) is 0 Å². The fourth-order valence-electron chi connectivity index (χ4n) is 0.719. The lowest BCUT2D eigenvalue weighted by atomic mass is 10.2. The van der Waals surface area contributed by atoms with E-state index in [9.17, 15) is 4.79 Å². The van der Waals surface area contributed by atoms with Crippen LogP contribution in [0.1, 0.15) is 16.1 Å². The van der Waals surface area contributed by atoms with E-state index in [1.807, 2.05) is 0 Å². The van der Waals surface area contributed by atoms with Crippen molar-refractivity contribution < 1.29 is 9.90 Å². The van der Waals surface area contributed by atoms with Gasteiger partial charge in [-0.25, -0.2) is 9.78 Å². The largest absolute Gasteiger partial charge is 0.478 e. The van der Waals surface area contributed by atoms with E-state index in [0.717, 1.165) is 0 Å². The molecular weight excluding hydrogens is 156 g/mol. The SMILES string of the molecule is C#Cc1ncc(C(=O)O)cc1N. The number of nitrogen functional groups attached to an aromatic ring is 1. The Balaban J connectivity index is 3.21. The van der Waals surface area contributed by atoms with E-state index in [0.29, 0.717) is 0 Å². The van der Waals surface area contributed by atoms with E-state index in [4.69, 9.17) is 17.3 Å². The van der Waals surface area contributed by atoms with Crippen LogP contribution in [0.15, 0.2) is 12.3 Å². The average molecular weight is 162 g/mol. The number of aromatic carboxylic acids is 1. The molecule has 0 aliphatic rings. The third-order valence-corrected chi connectivity index (χ3v) is 1.30. The van der Waals surface area contributed by atoms with Crippen molar-refractivity contribution in [2.24, 2.45) is 0 Å². The van der Waals surface area contributed by atoms with Crippen molar-refractivity contribution in [2.45, 2.75) is 0 Å². The average Bonchev–Trinajstić information content (AvgIpc) is 2.04. The fourth-order valence-corrected chi connectivity index (χ4v) is 0.719. The quantitative estimate of drug-likeness (QED) is 0.584. The summed E-state index contributed by atoms with van der Waals surface area (Å²) in [6.45, 7) is 0. The summed E-state index contributed by atoms with van der Waals surface area (Å²) < 4.78 is 0. The van der Waals surface area contributed by atoms with Crippen LogP contribution in [0, 0.1) is 12.3 Å². The van der Waals surface area contributed by atoms with Gasteiger partial charge in [-0.3, -0.25) is 0 Å². The van der Waals surface area contributed by atoms with Gasteiger partial charge in [0, 0.05) is 6.20 Å². The summed E-state index contributed by atoms with van der Waals surface area (Å²) in [5, 5.41) is 8.53. The van der Waals surface area contributed by atoms with Crippen molar-refractivity contribution in [3.63, 3.8) is 0 Å². The minimum atomic E-state index is -1.07. The number of nitrogens with two attached hydrogens (primary N) is 1. The van der Waals surface area contributed by atoms with Gasteiger partial charge in [0.1, 0.15) is 5.69 Å². The lowest BCUT2D eigenvalue weighted by Gasteiger charge is -1.98. The highest BCUT2D eigenvalue weighted by Crippen LogP contribution is 2.09. The van der Waals surface area contributed by atoms with Crippen LogP contribution < -0.4 is 5.73 Å². The number of hydrogen-bond donors (Lipinski definition) is 2. The molecule has 0 amide bonds. The van der Waals surface area contributed by atoms with Gasteiger partial charge in [-0.15, -0.1) is 6.42 Å². The van der Waals surface area contributed by atoms with Crippen molar-refractivity contribution in [3.05, 3.63) is 23.5 Å². The normalized spacial score (nSPS) is 8.92. The number of nitrogens with zero attached hydrogens (tertiary/aromatic N) is 1. The van der Waals surface area contributed by atoms with Gasteiger partial charge in [0.05, 0.1) is 11.3 Å². The number of carboxylic acids is 1. The zero-order chi connectivity index (χ0) is 9.14. The van der Waals surface area contributed by atoms with Gasteiger partial charge < -0.3 is 10.8 Å². The van der Waals surface area contributed by atoms with Gasteiger partial charge in [-0.05, 0) is 12.0 Å². The highest BCUT2D eigenvalue weighted by Gasteiger charge is 2.05. The third-order valence-electron chi connectivity index (χ3n) is 1.30. The van der Waals surface area contributed by atoms with E-state index in [-0.39, 0.29) is 16.9 Å². The number of rotatable bonds is 1. The number of pyridine rings is 1. The van der Waals surface area contributed by atoms with E-state index in [1.165, 1.54) is 12.3 Å². The van der Waals surface area contributed by atoms with Crippen LogP contribution in [-0.4, -0.2) is 16.1 Å². The molecule has 0 aliphatic heterocycles. The summed E-state index contributed by atoms with van der Waals surface area (Å²) in [6.07, 6.45) is 6.21. The molecule has 1 aromatic rings. The lowest BCUT2D eigenvalue weighted by molar-refractivity contribution is 0.0696. The Bertz CT molecular complexity index is 366. The van der Waals surface area contributed by atoms with Gasteiger partial charge in [0.2, 0.25) is 0 Å². The highest BCUT2D eigenvalue weighted by atomic mass is 16.4. The smallest absolute Gasteiger partial charge is 0.337 e. The summed E-state index contributed by atoms with van der Waals surface area (Å²) in [5.41, 5.74) is 5.90. The third kappa shape index (κ3) is 1.35. The maximum Gasteiger partial charge on any atom is 0.337 e. The molecule has 12 heavy (non-hydrogen) atoms. The molecule has 60 valence electrons. The van der Waals surface area contributed by atoms with E-state index in [2.05, 4.69) is 10.9 Å². The van der Waals surface area contributed by atoms with Crippen molar-refractivity contribution >= 4 is 11.7 Å². The van der Waals surface area contributed by atoms with Crippen molar-refractivity contribution in [1.82, 2.24) is 4.98 Å². The zero-order valence-electron chi connectivity index (χ0n) is 6.11. The molecule has 0 aliphatic carbocycles. The van der Waals surface area contributed by atoms with Crippen LogP contribution in [0.2, 0.25) is 0 Å². The van der Waals surface area contributed by atoms with Crippen molar-refractivity contribution in [3.8, 4) is 12.3 Å². The standard InChI is InChI=1S/C8H6N2O2/c1-2-7-6(9)3-5(4-10-7)8(11)12/h1,3-4H,9H2,(H,11,12). The number of carbonyl (C=O) groups is 1. The maximum absolute atomic E-state index is 10.4. The molecule has 1 heterocycles. The molecule has 0 saturated heterocycles. The minimum absolute atomic E-state index is 0.0338. The Morgan fingerprint density at radius 3 is 2.83 bits per heavy atom.